The lowest BCUT2D eigenvalue weighted by atomic mass is 10.1. The third-order valence-corrected chi connectivity index (χ3v) is 5.42. The van der Waals surface area contributed by atoms with Gasteiger partial charge < -0.3 is 15.2 Å². The third kappa shape index (κ3) is 4.16. The Morgan fingerprint density at radius 3 is 2.56 bits per heavy atom. The molecule has 4 nitrogen and oxygen atoms in total. The Hall–Kier alpha value is -2.75. The molecular weight excluding hydrogens is 334 g/mol. The second-order valence-corrected chi connectivity index (χ2v) is 7.33. The lowest BCUT2D eigenvalue weighted by Gasteiger charge is -2.25. The fourth-order valence-electron chi connectivity index (χ4n) is 3.97. The molecule has 2 heterocycles. The van der Waals surface area contributed by atoms with Crippen molar-refractivity contribution in [3.63, 3.8) is 0 Å². The van der Waals surface area contributed by atoms with E-state index in [1.807, 2.05) is 30.5 Å². The molecule has 140 valence electrons. The monoisotopic (exact) mass is 361 g/mol. The zero-order chi connectivity index (χ0) is 18.5. The number of anilines is 2. The Labute approximate surface area is 160 Å². The normalized spacial score (nSPS) is 14.9. The predicted molar refractivity (Wildman–Crippen MR) is 112 cm³/mol. The summed E-state index contributed by atoms with van der Waals surface area (Å²) in [5, 5.41) is 4.35. The van der Waals surface area contributed by atoms with Crippen LogP contribution in [0.1, 0.15) is 37.7 Å². The van der Waals surface area contributed by atoms with Crippen molar-refractivity contribution in [3.8, 4) is 0 Å². The number of carbonyl (C=O) groups is 1. The summed E-state index contributed by atoms with van der Waals surface area (Å²) in [6.07, 6.45) is 8.29. The average Bonchev–Trinajstić information content (AvgIpc) is 2.91. The minimum Gasteiger partial charge on any atom is -0.370 e. The minimum atomic E-state index is 0.0718. The van der Waals surface area contributed by atoms with E-state index in [0.29, 0.717) is 6.42 Å². The lowest BCUT2D eigenvalue weighted by Crippen LogP contribution is -2.25. The summed E-state index contributed by atoms with van der Waals surface area (Å²) in [5.74, 6) is 0.0718. The number of aromatic nitrogens is 1. The van der Waals surface area contributed by atoms with Crippen molar-refractivity contribution in [2.75, 3.05) is 23.3 Å². The number of amides is 1. The molecule has 0 unspecified atom stereocenters. The minimum absolute atomic E-state index is 0.0718. The number of nitrogens with zero attached hydrogens (tertiary/aromatic N) is 1. The van der Waals surface area contributed by atoms with E-state index in [0.717, 1.165) is 36.4 Å². The number of aromatic amines is 1. The summed E-state index contributed by atoms with van der Waals surface area (Å²) < 4.78 is 0. The molecule has 27 heavy (non-hydrogen) atoms. The standard InChI is InChI=1S/C23H27N3O/c27-23(14-13-18-17-24-20-10-4-3-9-19(18)20)25-21-11-5-6-12-22(21)26-15-7-1-2-8-16-26/h3-6,9-12,17,24H,1-2,7-8,13-16H2,(H,25,27). The van der Waals surface area contributed by atoms with Crippen LogP contribution >= 0.6 is 0 Å². The zero-order valence-electron chi connectivity index (χ0n) is 15.7. The van der Waals surface area contributed by atoms with Crippen LogP contribution in [-0.2, 0) is 11.2 Å². The molecule has 2 N–H and O–H groups in total. The van der Waals surface area contributed by atoms with E-state index in [-0.39, 0.29) is 5.91 Å². The van der Waals surface area contributed by atoms with Gasteiger partial charge in [-0.1, -0.05) is 43.2 Å². The molecule has 0 atom stereocenters. The quantitative estimate of drug-likeness (QED) is 0.663. The molecule has 4 heteroatoms. The molecule has 1 amide bonds. The number of nitrogens with one attached hydrogen (secondary N) is 2. The van der Waals surface area contributed by atoms with Gasteiger partial charge >= 0.3 is 0 Å². The van der Waals surface area contributed by atoms with Gasteiger partial charge in [0.25, 0.3) is 0 Å². The highest BCUT2D eigenvalue weighted by Crippen LogP contribution is 2.28. The number of carbonyl (C=O) groups excluding carboxylic acids is 1. The molecule has 4 rings (SSSR count). The molecular formula is C23H27N3O. The van der Waals surface area contributed by atoms with Gasteiger partial charge in [0, 0.05) is 36.6 Å². The van der Waals surface area contributed by atoms with Gasteiger partial charge in [-0.15, -0.1) is 0 Å². The van der Waals surface area contributed by atoms with Crippen LogP contribution in [0.25, 0.3) is 10.9 Å². The van der Waals surface area contributed by atoms with Crippen LogP contribution in [0, 0.1) is 0 Å². The first-order valence-electron chi connectivity index (χ1n) is 10.00. The maximum Gasteiger partial charge on any atom is 0.224 e. The number of hydrogen-bond donors (Lipinski definition) is 2. The predicted octanol–water partition coefficient (Wildman–Crippen LogP) is 5.12. The number of rotatable bonds is 5. The van der Waals surface area contributed by atoms with Crippen LogP contribution < -0.4 is 10.2 Å². The fraction of sp³-hybridized carbons (Fsp3) is 0.348. The molecule has 3 aromatic rings. The smallest absolute Gasteiger partial charge is 0.224 e. The molecule has 1 aliphatic heterocycles. The van der Waals surface area contributed by atoms with Crippen LogP contribution in [0.15, 0.2) is 54.7 Å². The van der Waals surface area contributed by atoms with Gasteiger partial charge in [-0.05, 0) is 43.0 Å². The summed E-state index contributed by atoms with van der Waals surface area (Å²) in [6, 6.07) is 16.4. The fourth-order valence-corrected chi connectivity index (χ4v) is 3.97. The maximum absolute atomic E-state index is 12.6. The number of para-hydroxylation sites is 3. The average molecular weight is 361 g/mol. The van der Waals surface area contributed by atoms with Crippen molar-refractivity contribution in [1.29, 1.82) is 0 Å². The van der Waals surface area contributed by atoms with E-state index >= 15 is 0 Å². The number of fused-ring (bicyclic) bond motifs is 1. The van der Waals surface area contributed by atoms with E-state index in [4.69, 9.17) is 0 Å². The van der Waals surface area contributed by atoms with Gasteiger partial charge in [-0.3, -0.25) is 4.79 Å². The summed E-state index contributed by atoms with van der Waals surface area (Å²) in [5.41, 5.74) is 4.41. The van der Waals surface area contributed by atoms with Gasteiger partial charge in [-0.2, -0.15) is 0 Å². The van der Waals surface area contributed by atoms with Crippen LogP contribution in [-0.4, -0.2) is 24.0 Å². The van der Waals surface area contributed by atoms with Crippen LogP contribution in [0.4, 0.5) is 11.4 Å². The number of hydrogen-bond acceptors (Lipinski definition) is 2. The first-order valence-corrected chi connectivity index (χ1v) is 10.00. The Kier molecular flexibility index (Phi) is 5.42. The third-order valence-electron chi connectivity index (χ3n) is 5.42. The molecule has 0 radical (unpaired) electrons. The number of aryl methyl sites for hydroxylation is 1. The molecule has 2 aromatic carbocycles. The van der Waals surface area contributed by atoms with Crippen LogP contribution in [0.5, 0.6) is 0 Å². The van der Waals surface area contributed by atoms with Crippen LogP contribution in [0.3, 0.4) is 0 Å². The van der Waals surface area contributed by atoms with E-state index in [1.54, 1.807) is 0 Å². The van der Waals surface area contributed by atoms with E-state index in [9.17, 15) is 4.79 Å². The van der Waals surface area contributed by atoms with Gasteiger partial charge in [0.05, 0.1) is 11.4 Å². The van der Waals surface area contributed by atoms with Gasteiger partial charge in [-0.25, -0.2) is 0 Å². The van der Waals surface area contributed by atoms with Crippen molar-refractivity contribution >= 4 is 28.2 Å². The second kappa shape index (κ2) is 8.30. The van der Waals surface area contributed by atoms with E-state index < -0.39 is 0 Å². The first kappa shape index (κ1) is 17.7. The molecule has 0 aliphatic carbocycles. The summed E-state index contributed by atoms with van der Waals surface area (Å²) in [6.45, 7) is 2.14. The Morgan fingerprint density at radius 1 is 0.963 bits per heavy atom. The largest absolute Gasteiger partial charge is 0.370 e. The Bertz CT molecular complexity index is 907. The molecule has 1 aliphatic rings. The molecule has 1 saturated heterocycles. The zero-order valence-corrected chi connectivity index (χ0v) is 15.7. The summed E-state index contributed by atoms with van der Waals surface area (Å²) in [4.78, 5) is 18.3. The van der Waals surface area contributed by atoms with E-state index in [2.05, 4.69) is 39.5 Å². The highest BCUT2D eigenvalue weighted by Gasteiger charge is 2.15. The van der Waals surface area contributed by atoms with E-state index in [1.165, 1.54) is 36.6 Å². The Balaban J connectivity index is 1.42. The summed E-state index contributed by atoms with van der Waals surface area (Å²) >= 11 is 0. The highest BCUT2D eigenvalue weighted by molar-refractivity contribution is 5.95. The summed E-state index contributed by atoms with van der Waals surface area (Å²) in [7, 11) is 0. The SMILES string of the molecule is O=C(CCc1c[nH]c2ccccc12)Nc1ccccc1N1CCCCCC1. The van der Waals surface area contributed by atoms with Crippen molar-refractivity contribution in [1.82, 2.24) is 4.98 Å². The van der Waals surface area contributed by atoms with Crippen molar-refractivity contribution in [2.24, 2.45) is 0 Å². The van der Waals surface area contributed by atoms with Crippen LogP contribution in [0.2, 0.25) is 0 Å². The molecule has 0 bridgehead atoms. The topological polar surface area (TPSA) is 48.1 Å². The second-order valence-electron chi connectivity index (χ2n) is 7.33. The number of benzene rings is 2. The maximum atomic E-state index is 12.6. The van der Waals surface area contributed by atoms with Gasteiger partial charge in [0.15, 0.2) is 0 Å². The molecule has 1 aromatic heterocycles. The van der Waals surface area contributed by atoms with Crippen molar-refractivity contribution in [3.05, 3.63) is 60.3 Å². The van der Waals surface area contributed by atoms with Crippen molar-refractivity contribution in [2.45, 2.75) is 38.5 Å². The highest BCUT2D eigenvalue weighted by atomic mass is 16.1. The number of H-pyrrole nitrogens is 1. The van der Waals surface area contributed by atoms with Gasteiger partial charge in [0.1, 0.15) is 0 Å². The first-order chi connectivity index (χ1) is 13.3. The molecule has 0 spiro atoms. The van der Waals surface area contributed by atoms with Gasteiger partial charge in [0.2, 0.25) is 5.91 Å². The lowest BCUT2D eigenvalue weighted by molar-refractivity contribution is -0.116. The van der Waals surface area contributed by atoms with Crippen molar-refractivity contribution < 1.29 is 4.79 Å². The Morgan fingerprint density at radius 2 is 1.70 bits per heavy atom. The molecule has 0 saturated carbocycles. The molecule has 1 fully saturated rings.